The second-order valence-corrected chi connectivity index (χ2v) is 5.78. The highest BCUT2D eigenvalue weighted by molar-refractivity contribution is 4.90. The van der Waals surface area contributed by atoms with Gasteiger partial charge in [-0.2, -0.15) is 0 Å². The lowest BCUT2D eigenvalue weighted by molar-refractivity contribution is 0.201. The summed E-state index contributed by atoms with van der Waals surface area (Å²) >= 11 is 0. The molecule has 16 heavy (non-hydrogen) atoms. The van der Waals surface area contributed by atoms with Crippen LogP contribution in [0.3, 0.4) is 0 Å². The Hall–Kier alpha value is -0.790. The van der Waals surface area contributed by atoms with Gasteiger partial charge in [0.25, 0.3) is 0 Å². The van der Waals surface area contributed by atoms with Gasteiger partial charge in [-0.15, -0.1) is 0 Å². The van der Waals surface area contributed by atoms with E-state index in [1.54, 1.807) is 0 Å². The van der Waals surface area contributed by atoms with Crippen LogP contribution < -0.4 is 0 Å². The normalized spacial score (nSPS) is 17.4. The van der Waals surface area contributed by atoms with Crippen LogP contribution in [0, 0.1) is 11.8 Å². The summed E-state index contributed by atoms with van der Waals surface area (Å²) in [6, 6.07) is 0. The number of hydrogen-bond donors (Lipinski definition) is 0. The zero-order valence-electron chi connectivity index (χ0n) is 11.4. The van der Waals surface area contributed by atoms with Crippen LogP contribution in [0.5, 0.6) is 0 Å². The molecule has 0 aromatic carbocycles. The van der Waals surface area contributed by atoms with Crippen molar-refractivity contribution in [2.24, 2.45) is 11.8 Å². The van der Waals surface area contributed by atoms with Crippen LogP contribution in [-0.2, 0) is 5.54 Å². The highest BCUT2D eigenvalue weighted by Crippen LogP contribution is 2.32. The van der Waals surface area contributed by atoms with Gasteiger partial charge in [0.2, 0.25) is 0 Å². The van der Waals surface area contributed by atoms with Crippen LogP contribution in [0.2, 0.25) is 0 Å². The van der Waals surface area contributed by atoms with Crippen molar-refractivity contribution < 1.29 is 0 Å². The summed E-state index contributed by atoms with van der Waals surface area (Å²) in [4.78, 5) is 4.19. The minimum Gasteiger partial charge on any atom is -0.332 e. The van der Waals surface area contributed by atoms with Crippen LogP contribution in [0.15, 0.2) is 18.7 Å². The van der Waals surface area contributed by atoms with Crippen molar-refractivity contribution in [2.75, 3.05) is 0 Å². The van der Waals surface area contributed by atoms with E-state index in [1.165, 1.54) is 19.3 Å². The van der Waals surface area contributed by atoms with E-state index in [0.29, 0.717) is 0 Å². The molecule has 2 heteroatoms. The second kappa shape index (κ2) is 5.51. The molecule has 0 saturated carbocycles. The Morgan fingerprint density at radius 1 is 1.25 bits per heavy atom. The Morgan fingerprint density at radius 2 is 1.94 bits per heavy atom. The second-order valence-electron chi connectivity index (χ2n) is 5.78. The number of imidazole rings is 1. The summed E-state index contributed by atoms with van der Waals surface area (Å²) in [5, 5.41) is 0. The minimum atomic E-state index is 0.222. The molecule has 0 aliphatic rings. The van der Waals surface area contributed by atoms with Crippen molar-refractivity contribution in [3.05, 3.63) is 18.7 Å². The lowest BCUT2D eigenvalue weighted by Gasteiger charge is -2.35. The molecule has 0 fully saturated rings. The lowest BCUT2D eigenvalue weighted by atomic mass is 9.82. The molecule has 92 valence electrons. The topological polar surface area (TPSA) is 17.8 Å². The summed E-state index contributed by atoms with van der Waals surface area (Å²) in [7, 11) is 0. The average Bonchev–Trinajstić information content (AvgIpc) is 2.69. The van der Waals surface area contributed by atoms with Crippen LogP contribution in [0.4, 0.5) is 0 Å². The Balaban J connectivity index is 2.84. The van der Waals surface area contributed by atoms with Gasteiger partial charge in [-0.25, -0.2) is 4.98 Å². The summed E-state index contributed by atoms with van der Waals surface area (Å²) in [5.41, 5.74) is 0.222. The van der Waals surface area contributed by atoms with Crippen LogP contribution >= 0.6 is 0 Å². The molecule has 0 spiro atoms. The van der Waals surface area contributed by atoms with E-state index in [-0.39, 0.29) is 5.54 Å². The fourth-order valence-electron chi connectivity index (χ4n) is 2.65. The third-order valence-electron chi connectivity index (χ3n) is 3.46. The van der Waals surface area contributed by atoms with E-state index in [4.69, 9.17) is 0 Å². The fourth-order valence-corrected chi connectivity index (χ4v) is 2.65. The van der Waals surface area contributed by atoms with Gasteiger partial charge in [0.05, 0.1) is 6.33 Å². The van der Waals surface area contributed by atoms with E-state index in [9.17, 15) is 0 Å². The van der Waals surface area contributed by atoms with E-state index >= 15 is 0 Å². The first-order chi connectivity index (χ1) is 7.48. The van der Waals surface area contributed by atoms with Crippen molar-refractivity contribution in [3.63, 3.8) is 0 Å². The van der Waals surface area contributed by atoms with Crippen LogP contribution in [-0.4, -0.2) is 9.55 Å². The van der Waals surface area contributed by atoms with Crippen molar-refractivity contribution in [3.8, 4) is 0 Å². The Kier molecular flexibility index (Phi) is 4.57. The van der Waals surface area contributed by atoms with Gasteiger partial charge in [-0.05, 0) is 31.6 Å². The SMILES string of the molecule is CCC(C)CC(C)(CC(C)C)n1ccnc1. The monoisotopic (exact) mass is 222 g/mol. The van der Waals surface area contributed by atoms with Gasteiger partial charge >= 0.3 is 0 Å². The first-order valence-electron chi connectivity index (χ1n) is 6.46. The number of hydrogen-bond acceptors (Lipinski definition) is 1. The molecule has 1 aromatic heterocycles. The molecular weight excluding hydrogens is 196 g/mol. The van der Waals surface area contributed by atoms with E-state index in [2.05, 4.69) is 50.4 Å². The molecule has 0 aliphatic carbocycles. The molecule has 1 heterocycles. The quantitative estimate of drug-likeness (QED) is 0.709. The molecular formula is C14H26N2. The van der Waals surface area contributed by atoms with Gasteiger partial charge in [0, 0.05) is 17.9 Å². The molecule has 1 rings (SSSR count). The van der Waals surface area contributed by atoms with Crippen molar-refractivity contribution >= 4 is 0 Å². The maximum Gasteiger partial charge on any atom is 0.0951 e. The average molecular weight is 222 g/mol. The molecule has 2 unspecified atom stereocenters. The van der Waals surface area contributed by atoms with Crippen molar-refractivity contribution in [1.29, 1.82) is 0 Å². The number of nitrogens with zero attached hydrogens (tertiary/aromatic N) is 2. The van der Waals surface area contributed by atoms with E-state index in [1.807, 2.05) is 12.5 Å². The predicted molar refractivity (Wildman–Crippen MR) is 69.4 cm³/mol. The smallest absolute Gasteiger partial charge is 0.0951 e. The van der Waals surface area contributed by atoms with E-state index < -0.39 is 0 Å². The van der Waals surface area contributed by atoms with Crippen LogP contribution in [0.25, 0.3) is 0 Å². The fraction of sp³-hybridized carbons (Fsp3) is 0.786. The van der Waals surface area contributed by atoms with Crippen molar-refractivity contribution in [1.82, 2.24) is 9.55 Å². The molecule has 0 radical (unpaired) electrons. The molecule has 0 saturated heterocycles. The lowest BCUT2D eigenvalue weighted by Crippen LogP contribution is -2.32. The standard InChI is InChI=1S/C14H26N2/c1-6-13(4)10-14(5,9-12(2)3)16-8-7-15-11-16/h7-8,11-13H,6,9-10H2,1-5H3. The minimum absolute atomic E-state index is 0.222. The molecule has 1 aromatic rings. The Labute approximate surface area is 100 Å². The summed E-state index contributed by atoms with van der Waals surface area (Å²) < 4.78 is 2.29. The van der Waals surface area contributed by atoms with Crippen LogP contribution in [0.1, 0.15) is 53.9 Å². The van der Waals surface area contributed by atoms with Gasteiger partial charge in [-0.3, -0.25) is 0 Å². The van der Waals surface area contributed by atoms with Gasteiger partial charge in [0.15, 0.2) is 0 Å². The molecule has 2 atom stereocenters. The number of aromatic nitrogens is 2. The molecule has 0 amide bonds. The molecule has 0 bridgehead atoms. The van der Waals surface area contributed by atoms with Gasteiger partial charge in [0.1, 0.15) is 0 Å². The molecule has 0 aliphatic heterocycles. The highest BCUT2D eigenvalue weighted by atomic mass is 15.1. The third kappa shape index (κ3) is 3.36. The zero-order chi connectivity index (χ0) is 12.2. The number of rotatable bonds is 6. The van der Waals surface area contributed by atoms with Crippen molar-refractivity contribution in [2.45, 2.75) is 59.4 Å². The largest absolute Gasteiger partial charge is 0.332 e. The van der Waals surface area contributed by atoms with Gasteiger partial charge < -0.3 is 4.57 Å². The zero-order valence-corrected chi connectivity index (χ0v) is 11.4. The summed E-state index contributed by atoms with van der Waals surface area (Å²) in [6.45, 7) is 11.6. The summed E-state index contributed by atoms with van der Waals surface area (Å²) in [6.07, 6.45) is 9.65. The molecule has 2 nitrogen and oxygen atoms in total. The maximum atomic E-state index is 4.19. The predicted octanol–water partition coefficient (Wildman–Crippen LogP) is 4.08. The van der Waals surface area contributed by atoms with Gasteiger partial charge in [-0.1, -0.05) is 34.1 Å². The van der Waals surface area contributed by atoms with E-state index in [0.717, 1.165) is 11.8 Å². The first kappa shape index (κ1) is 13.3. The maximum absolute atomic E-state index is 4.19. The first-order valence-corrected chi connectivity index (χ1v) is 6.46. The summed E-state index contributed by atoms with van der Waals surface area (Å²) in [5.74, 6) is 1.49. The Morgan fingerprint density at radius 3 is 2.38 bits per heavy atom. The Bertz CT molecular complexity index is 290. The highest BCUT2D eigenvalue weighted by Gasteiger charge is 2.28. The third-order valence-corrected chi connectivity index (χ3v) is 3.46. The molecule has 0 N–H and O–H groups in total.